The van der Waals surface area contributed by atoms with Crippen LogP contribution in [0.25, 0.3) is 33.3 Å². The molecule has 7 rings (SSSR count). The topological polar surface area (TPSA) is 83.1 Å². The molecule has 1 aliphatic carbocycles. The molecule has 0 radical (unpaired) electrons. The highest BCUT2D eigenvalue weighted by atomic mass is 35.5. The Morgan fingerprint density at radius 2 is 1.80 bits per heavy atom. The van der Waals surface area contributed by atoms with Crippen molar-refractivity contribution in [3.63, 3.8) is 0 Å². The molecule has 2 aliphatic rings. The molecule has 2 aromatic carbocycles. The highest BCUT2D eigenvalue weighted by Gasteiger charge is 2.50. The molecule has 1 saturated heterocycles. The third-order valence-corrected chi connectivity index (χ3v) is 12.1. The molecule has 0 spiro atoms. The molecule has 13 heteroatoms. The van der Waals surface area contributed by atoms with Crippen LogP contribution in [0.3, 0.4) is 0 Å². The second kappa shape index (κ2) is 11.1. The summed E-state index contributed by atoms with van der Waals surface area (Å²) in [5.74, 6) is -0.580. The maximum Gasteiger partial charge on any atom is 0.272 e. The second-order valence-electron chi connectivity index (χ2n) is 13.4. The first-order chi connectivity index (χ1) is 21.3. The SMILES string of the molecule is Cc1nc2ccc(Oc3ccc4ncc(-c5cnn(C6CC(N7CC(F)(F)C7)C6)c5)nc4c3Cl)cc2n1COC(C)[Si](C)(C)C. The number of fused-ring (bicyclic) bond motifs is 2. The van der Waals surface area contributed by atoms with Crippen molar-refractivity contribution >= 4 is 41.7 Å². The zero-order valence-corrected chi connectivity index (χ0v) is 27.7. The number of ether oxygens (including phenoxy) is 2. The number of benzene rings is 2. The van der Waals surface area contributed by atoms with Crippen molar-refractivity contribution in [3.8, 4) is 22.8 Å². The highest BCUT2D eigenvalue weighted by Crippen LogP contribution is 2.41. The molecule has 0 amide bonds. The summed E-state index contributed by atoms with van der Waals surface area (Å²) in [5, 5.41) is 4.90. The highest BCUT2D eigenvalue weighted by molar-refractivity contribution is 6.77. The van der Waals surface area contributed by atoms with Crippen LogP contribution in [-0.4, -0.2) is 73.1 Å². The standard InChI is InChI=1S/C32H36ClF2N7O2Si/c1-19-38-25-7-6-24(12-28(25)41(19)18-43-20(2)45(3,4)5)44-29-9-8-26-31(30(29)33)39-27(14-36-26)21-13-37-42(15-21)23-10-22(11-23)40-16-32(34,35)17-40/h6-9,12-15,20,22-23H,10-11,16-18H2,1-5H3. The van der Waals surface area contributed by atoms with Crippen molar-refractivity contribution in [2.24, 2.45) is 0 Å². The van der Waals surface area contributed by atoms with Gasteiger partial charge in [0.05, 0.1) is 61.8 Å². The van der Waals surface area contributed by atoms with Gasteiger partial charge in [-0.05, 0) is 51.0 Å². The van der Waals surface area contributed by atoms with Crippen molar-refractivity contribution in [3.05, 3.63) is 59.8 Å². The summed E-state index contributed by atoms with van der Waals surface area (Å²) in [5.41, 5.74) is 4.61. The van der Waals surface area contributed by atoms with Gasteiger partial charge in [-0.25, -0.2) is 18.7 Å². The van der Waals surface area contributed by atoms with E-state index in [0.717, 1.165) is 35.3 Å². The zero-order chi connectivity index (χ0) is 31.7. The predicted octanol–water partition coefficient (Wildman–Crippen LogP) is 7.49. The summed E-state index contributed by atoms with van der Waals surface area (Å²) < 4.78 is 43.0. The van der Waals surface area contributed by atoms with Crippen molar-refractivity contribution in [2.45, 2.75) is 76.8 Å². The van der Waals surface area contributed by atoms with E-state index in [-0.39, 0.29) is 30.9 Å². The van der Waals surface area contributed by atoms with E-state index in [4.69, 9.17) is 31.0 Å². The first-order valence-corrected chi connectivity index (χ1v) is 19.2. The molecule has 2 fully saturated rings. The van der Waals surface area contributed by atoms with Gasteiger partial charge in [0.2, 0.25) is 0 Å². The third kappa shape index (κ3) is 5.84. The van der Waals surface area contributed by atoms with Crippen LogP contribution in [-0.2, 0) is 11.5 Å². The van der Waals surface area contributed by atoms with Gasteiger partial charge in [0.15, 0.2) is 0 Å². The molecule has 0 N–H and O–H groups in total. The van der Waals surface area contributed by atoms with Crippen LogP contribution in [0.15, 0.2) is 48.9 Å². The van der Waals surface area contributed by atoms with E-state index in [9.17, 15) is 8.78 Å². The van der Waals surface area contributed by atoms with Gasteiger partial charge in [-0.2, -0.15) is 5.10 Å². The minimum absolute atomic E-state index is 0.139. The second-order valence-corrected chi connectivity index (χ2v) is 19.3. The van der Waals surface area contributed by atoms with E-state index in [1.54, 1.807) is 18.5 Å². The molecule has 4 heterocycles. The minimum Gasteiger partial charge on any atom is -0.456 e. The first-order valence-electron chi connectivity index (χ1n) is 15.2. The van der Waals surface area contributed by atoms with E-state index in [0.29, 0.717) is 40.0 Å². The number of rotatable bonds is 9. The summed E-state index contributed by atoms with van der Waals surface area (Å²) in [7, 11) is -1.44. The number of halogens is 3. The summed E-state index contributed by atoms with van der Waals surface area (Å²) in [6.45, 7) is 11.1. The van der Waals surface area contributed by atoms with Gasteiger partial charge in [-0.15, -0.1) is 0 Å². The van der Waals surface area contributed by atoms with Gasteiger partial charge in [0, 0.05) is 29.6 Å². The number of aryl methyl sites for hydroxylation is 1. The van der Waals surface area contributed by atoms with E-state index in [1.807, 2.05) is 47.0 Å². The monoisotopic (exact) mass is 651 g/mol. The van der Waals surface area contributed by atoms with Gasteiger partial charge in [-0.1, -0.05) is 31.2 Å². The van der Waals surface area contributed by atoms with Crippen molar-refractivity contribution < 1.29 is 18.3 Å². The van der Waals surface area contributed by atoms with Gasteiger partial charge < -0.3 is 14.0 Å². The molecule has 3 aromatic heterocycles. The zero-order valence-electron chi connectivity index (χ0n) is 26.0. The number of hydrogen-bond donors (Lipinski definition) is 0. The Kier molecular flexibility index (Phi) is 7.46. The maximum atomic E-state index is 13.2. The molecule has 1 aliphatic heterocycles. The summed E-state index contributed by atoms with van der Waals surface area (Å²) >= 11 is 6.86. The first kappa shape index (κ1) is 30.2. The predicted molar refractivity (Wildman–Crippen MR) is 173 cm³/mol. The van der Waals surface area contributed by atoms with Crippen LogP contribution in [0.5, 0.6) is 11.5 Å². The average molecular weight is 652 g/mol. The van der Waals surface area contributed by atoms with Crippen LogP contribution in [0.2, 0.25) is 24.7 Å². The largest absolute Gasteiger partial charge is 0.456 e. The molecular formula is C32H36ClF2N7O2Si. The Morgan fingerprint density at radius 1 is 1.04 bits per heavy atom. The van der Waals surface area contributed by atoms with Crippen molar-refractivity contribution in [1.29, 1.82) is 0 Å². The number of nitrogens with zero attached hydrogens (tertiary/aromatic N) is 7. The molecule has 236 valence electrons. The smallest absolute Gasteiger partial charge is 0.272 e. The normalized spacial score (nSPS) is 20.7. The van der Waals surface area contributed by atoms with Gasteiger partial charge in [0.25, 0.3) is 5.92 Å². The van der Waals surface area contributed by atoms with Crippen molar-refractivity contribution in [2.75, 3.05) is 13.1 Å². The molecule has 5 aromatic rings. The van der Waals surface area contributed by atoms with Crippen LogP contribution in [0.1, 0.15) is 31.6 Å². The lowest BCUT2D eigenvalue weighted by atomic mass is 9.83. The minimum atomic E-state index is -2.54. The lowest BCUT2D eigenvalue weighted by Gasteiger charge is -2.50. The van der Waals surface area contributed by atoms with Gasteiger partial charge in [0.1, 0.15) is 34.6 Å². The summed E-state index contributed by atoms with van der Waals surface area (Å²) in [4.78, 5) is 16.0. The molecule has 9 nitrogen and oxygen atoms in total. The number of likely N-dealkylation sites (tertiary alicyclic amines) is 1. The Labute approximate surface area is 266 Å². The molecule has 1 atom stereocenters. The molecule has 1 unspecified atom stereocenters. The fourth-order valence-electron chi connectivity index (χ4n) is 5.81. The molecule has 1 saturated carbocycles. The summed E-state index contributed by atoms with van der Waals surface area (Å²) in [6.07, 6.45) is 7.01. The quantitative estimate of drug-likeness (QED) is 0.153. The van der Waals surface area contributed by atoms with Crippen LogP contribution in [0, 0.1) is 6.92 Å². The number of aromatic nitrogens is 6. The summed E-state index contributed by atoms with van der Waals surface area (Å²) in [6, 6.07) is 9.77. The number of alkyl halides is 2. The fraction of sp³-hybridized carbons (Fsp3) is 0.438. The van der Waals surface area contributed by atoms with Crippen LogP contribution < -0.4 is 4.74 Å². The molecule has 45 heavy (non-hydrogen) atoms. The third-order valence-electron chi connectivity index (χ3n) is 9.17. The van der Waals surface area contributed by atoms with E-state index in [2.05, 4.69) is 41.2 Å². The van der Waals surface area contributed by atoms with E-state index < -0.39 is 14.0 Å². The van der Waals surface area contributed by atoms with E-state index >= 15 is 0 Å². The average Bonchev–Trinajstić information content (AvgIpc) is 3.55. The molecular weight excluding hydrogens is 616 g/mol. The van der Waals surface area contributed by atoms with Gasteiger partial charge in [-0.3, -0.25) is 14.6 Å². The molecule has 0 bridgehead atoms. The lowest BCUT2D eigenvalue weighted by Crippen LogP contribution is -2.62. The Balaban J connectivity index is 1.09. The van der Waals surface area contributed by atoms with E-state index in [1.165, 1.54) is 0 Å². The maximum absolute atomic E-state index is 13.2. The number of hydrogen-bond acceptors (Lipinski definition) is 7. The van der Waals surface area contributed by atoms with Crippen LogP contribution in [0.4, 0.5) is 8.78 Å². The Morgan fingerprint density at radius 3 is 2.53 bits per heavy atom. The Hall–Kier alpha value is -3.45. The number of imidazole rings is 1. The van der Waals surface area contributed by atoms with Gasteiger partial charge >= 0.3 is 0 Å². The van der Waals surface area contributed by atoms with Crippen molar-refractivity contribution in [1.82, 2.24) is 34.2 Å². The van der Waals surface area contributed by atoms with Crippen LogP contribution >= 0.6 is 11.6 Å². The lowest BCUT2D eigenvalue weighted by molar-refractivity contribution is -0.160. The fourth-order valence-corrected chi connectivity index (χ4v) is 6.62. The Bertz CT molecular complexity index is 1890.